The number of hydrogen-bond donors (Lipinski definition) is 0. The van der Waals surface area contributed by atoms with Gasteiger partial charge in [0.15, 0.2) is 5.82 Å². The number of unbranched alkanes of at least 4 members (excludes halogenated alkanes) is 6. The summed E-state index contributed by atoms with van der Waals surface area (Å²) in [7, 11) is 0. The molecule has 0 saturated heterocycles. The summed E-state index contributed by atoms with van der Waals surface area (Å²) in [6, 6.07) is 14.0. The number of pyridine rings is 1. The summed E-state index contributed by atoms with van der Waals surface area (Å²) in [6.45, 7) is 4.47. The second kappa shape index (κ2) is 11.7. The second-order valence-electron chi connectivity index (χ2n) is 7.09. The molecule has 0 unspecified atom stereocenters. The van der Waals surface area contributed by atoms with Crippen LogP contribution in [0.1, 0.15) is 44.9 Å². The van der Waals surface area contributed by atoms with Crippen molar-refractivity contribution >= 4 is 0 Å². The van der Waals surface area contributed by atoms with E-state index in [2.05, 4.69) is 33.7 Å². The van der Waals surface area contributed by atoms with Crippen LogP contribution in [0.5, 0.6) is 5.88 Å². The SMILES string of the molecule is C=CCCCCCCCCOc1ccc(-c2ncc(-c3ccccc3)cn2)cn1. The summed E-state index contributed by atoms with van der Waals surface area (Å²) in [4.78, 5) is 13.4. The van der Waals surface area contributed by atoms with Crippen LogP contribution in [0.25, 0.3) is 22.5 Å². The predicted molar refractivity (Wildman–Crippen MR) is 119 cm³/mol. The molecule has 2 aromatic heterocycles. The second-order valence-corrected chi connectivity index (χ2v) is 7.09. The van der Waals surface area contributed by atoms with E-state index in [1.807, 2.05) is 48.8 Å². The van der Waals surface area contributed by atoms with Gasteiger partial charge in [0.1, 0.15) is 0 Å². The van der Waals surface area contributed by atoms with Gasteiger partial charge in [-0.2, -0.15) is 0 Å². The van der Waals surface area contributed by atoms with E-state index in [-0.39, 0.29) is 0 Å². The fourth-order valence-electron chi connectivity index (χ4n) is 3.13. The molecule has 0 radical (unpaired) electrons. The van der Waals surface area contributed by atoms with E-state index in [0.717, 1.165) is 29.5 Å². The van der Waals surface area contributed by atoms with E-state index in [9.17, 15) is 0 Å². The molecule has 0 saturated carbocycles. The molecule has 0 aliphatic heterocycles. The molecule has 150 valence electrons. The van der Waals surface area contributed by atoms with Crippen molar-refractivity contribution in [3.63, 3.8) is 0 Å². The first-order chi connectivity index (χ1) is 14.4. The van der Waals surface area contributed by atoms with Gasteiger partial charge < -0.3 is 4.74 Å². The zero-order chi connectivity index (χ0) is 20.2. The van der Waals surface area contributed by atoms with Crippen molar-refractivity contribution in [2.24, 2.45) is 0 Å². The number of hydrogen-bond acceptors (Lipinski definition) is 4. The summed E-state index contributed by atoms with van der Waals surface area (Å²) >= 11 is 0. The van der Waals surface area contributed by atoms with Crippen molar-refractivity contribution in [2.75, 3.05) is 6.61 Å². The van der Waals surface area contributed by atoms with Gasteiger partial charge in [-0.1, -0.05) is 62.1 Å². The topological polar surface area (TPSA) is 47.9 Å². The maximum atomic E-state index is 5.75. The molecule has 4 heteroatoms. The lowest BCUT2D eigenvalue weighted by atomic mass is 10.1. The molecule has 1 aromatic carbocycles. The van der Waals surface area contributed by atoms with Crippen LogP contribution in [0, 0.1) is 0 Å². The lowest BCUT2D eigenvalue weighted by molar-refractivity contribution is 0.293. The molecule has 0 aliphatic carbocycles. The predicted octanol–water partition coefficient (Wildman–Crippen LogP) is 6.50. The van der Waals surface area contributed by atoms with Gasteiger partial charge in [-0.25, -0.2) is 15.0 Å². The molecule has 0 bridgehead atoms. The van der Waals surface area contributed by atoms with Crippen LogP contribution in [0.15, 0.2) is 73.7 Å². The minimum atomic E-state index is 0.653. The molecular weight excluding hydrogens is 358 g/mol. The van der Waals surface area contributed by atoms with Crippen LogP contribution >= 0.6 is 0 Å². The van der Waals surface area contributed by atoms with Gasteiger partial charge in [0.05, 0.1) is 6.61 Å². The third-order valence-corrected chi connectivity index (χ3v) is 4.81. The van der Waals surface area contributed by atoms with Crippen molar-refractivity contribution < 1.29 is 4.74 Å². The molecule has 2 heterocycles. The summed E-state index contributed by atoms with van der Waals surface area (Å²) in [5, 5.41) is 0. The number of rotatable bonds is 12. The van der Waals surface area contributed by atoms with Crippen molar-refractivity contribution in [1.29, 1.82) is 0 Å². The average molecular weight is 388 g/mol. The molecule has 0 aliphatic rings. The number of nitrogens with zero attached hydrogens (tertiary/aromatic N) is 3. The normalized spacial score (nSPS) is 10.6. The van der Waals surface area contributed by atoms with Crippen LogP contribution in [-0.4, -0.2) is 21.6 Å². The van der Waals surface area contributed by atoms with Gasteiger partial charge in [0.25, 0.3) is 0 Å². The Morgan fingerprint density at radius 1 is 0.690 bits per heavy atom. The van der Waals surface area contributed by atoms with E-state index >= 15 is 0 Å². The standard InChI is InChI=1S/C25H29N3O/c1-2-3-4-5-6-7-8-12-17-29-24-16-15-22(18-26-24)25-27-19-23(20-28-25)21-13-10-9-11-14-21/h2,9-11,13-16,18-20H,1,3-8,12,17H2. The number of benzene rings is 1. The average Bonchev–Trinajstić information content (AvgIpc) is 2.79. The third kappa shape index (κ3) is 6.83. The van der Waals surface area contributed by atoms with Gasteiger partial charge >= 0.3 is 0 Å². The molecule has 4 nitrogen and oxygen atoms in total. The zero-order valence-corrected chi connectivity index (χ0v) is 17.0. The zero-order valence-electron chi connectivity index (χ0n) is 17.0. The largest absolute Gasteiger partial charge is 0.478 e. The number of aromatic nitrogens is 3. The van der Waals surface area contributed by atoms with Crippen molar-refractivity contribution in [3.8, 4) is 28.4 Å². The first-order valence-corrected chi connectivity index (χ1v) is 10.4. The van der Waals surface area contributed by atoms with Gasteiger partial charge in [0, 0.05) is 35.8 Å². The van der Waals surface area contributed by atoms with Crippen molar-refractivity contribution in [1.82, 2.24) is 15.0 Å². The van der Waals surface area contributed by atoms with Crippen LogP contribution in [0.3, 0.4) is 0 Å². The van der Waals surface area contributed by atoms with Gasteiger partial charge in [0.2, 0.25) is 5.88 Å². The Kier molecular flexibility index (Phi) is 8.39. The van der Waals surface area contributed by atoms with E-state index in [1.165, 1.54) is 32.1 Å². The highest BCUT2D eigenvalue weighted by Gasteiger charge is 2.04. The van der Waals surface area contributed by atoms with E-state index in [0.29, 0.717) is 18.3 Å². The van der Waals surface area contributed by atoms with Gasteiger partial charge in [-0.05, 0) is 30.9 Å². The summed E-state index contributed by atoms with van der Waals surface area (Å²) < 4.78 is 5.75. The fourth-order valence-corrected chi connectivity index (χ4v) is 3.13. The Morgan fingerprint density at radius 2 is 1.38 bits per heavy atom. The van der Waals surface area contributed by atoms with E-state index in [4.69, 9.17) is 4.74 Å². The molecule has 3 aromatic rings. The summed E-state index contributed by atoms with van der Waals surface area (Å²) in [5.74, 6) is 1.32. The lowest BCUT2D eigenvalue weighted by Crippen LogP contribution is -1.99. The number of ether oxygens (including phenoxy) is 1. The van der Waals surface area contributed by atoms with E-state index in [1.54, 1.807) is 6.20 Å². The minimum Gasteiger partial charge on any atom is -0.478 e. The Balaban J connectivity index is 1.41. The highest BCUT2D eigenvalue weighted by Crippen LogP contribution is 2.21. The molecular formula is C25H29N3O. The van der Waals surface area contributed by atoms with E-state index < -0.39 is 0 Å². The van der Waals surface area contributed by atoms with Crippen LogP contribution in [0.2, 0.25) is 0 Å². The van der Waals surface area contributed by atoms with Crippen LogP contribution < -0.4 is 4.74 Å². The Morgan fingerprint density at radius 3 is 2.07 bits per heavy atom. The maximum Gasteiger partial charge on any atom is 0.213 e. The molecule has 0 amide bonds. The number of allylic oxidation sites excluding steroid dienone is 1. The summed E-state index contributed by atoms with van der Waals surface area (Å²) in [6.07, 6.45) is 16.0. The molecule has 29 heavy (non-hydrogen) atoms. The quantitative estimate of drug-likeness (QED) is 0.263. The minimum absolute atomic E-state index is 0.653. The highest BCUT2D eigenvalue weighted by atomic mass is 16.5. The Labute approximate surface area is 173 Å². The molecule has 0 atom stereocenters. The molecule has 0 fully saturated rings. The lowest BCUT2D eigenvalue weighted by Gasteiger charge is -2.06. The highest BCUT2D eigenvalue weighted by molar-refractivity contribution is 5.63. The Bertz CT molecular complexity index is 846. The van der Waals surface area contributed by atoms with Gasteiger partial charge in [-0.3, -0.25) is 0 Å². The first-order valence-electron chi connectivity index (χ1n) is 10.4. The van der Waals surface area contributed by atoms with Crippen molar-refractivity contribution in [3.05, 3.63) is 73.7 Å². The van der Waals surface area contributed by atoms with Gasteiger partial charge in [-0.15, -0.1) is 6.58 Å². The maximum absolute atomic E-state index is 5.75. The third-order valence-electron chi connectivity index (χ3n) is 4.81. The van der Waals surface area contributed by atoms with Crippen LogP contribution in [-0.2, 0) is 0 Å². The first kappa shape index (κ1) is 20.7. The molecule has 0 spiro atoms. The summed E-state index contributed by atoms with van der Waals surface area (Å²) in [5.41, 5.74) is 3.00. The fraction of sp³-hybridized carbons (Fsp3) is 0.320. The Hall–Kier alpha value is -3.01. The smallest absolute Gasteiger partial charge is 0.213 e. The molecule has 0 N–H and O–H groups in total. The van der Waals surface area contributed by atoms with Crippen LogP contribution in [0.4, 0.5) is 0 Å². The molecule has 3 rings (SSSR count). The van der Waals surface area contributed by atoms with Crippen molar-refractivity contribution in [2.45, 2.75) is 44.9 Å². The monoisotopic (exact) mass is 387 g/mol.